The summed E-state index contributed by atoms with van der Waals surface area (Å²) in [6.07, 6.45) is 5.23. The van der Waals surface area contributed by atoms with Crippen molar-refractivity contribution >= 4 is 0 Å². The highest BCUT2D eigenvalue weighted by Crippen LogP contribution is 2.70. The van der Waals surface area contributed by atoms with Crippen LogP contribution in [0.4, 0.5) is 0 Å². The van der Waals surface area contributed by atoms with Gasteiger partial charge in [0.15, 0.2) is 0 Å². The highest BCUT2D eigenvalue weighted by molar-refractivity contribution is 5.36. The smallest absolute Gasteiger partial charge is 0.0716 e. The maximum absolute atomic E-state index is 5.92. The molecule has 0 spiro atoms. The van der Waals surface area contributed by atoms with Crippen molar-refractivity contribution in [1.29, 1.82) is 0 Å². The van der Waals surface area contributed by atoms with Crippen molar-refractivity contribution in [3.8, 4) is 0 Å². The molecule has 17 heavy (non-hydrogen) atoms. The Bertz CT molecular complexity index is 379. The minimum atomic E-state index is 0.108. The molecule has 0 aromatic heterocycles. The van der Waals surface area contributed by atoms with Gasteiger partial charge in [-0.2, -0.15) is 0 Å². The van der Waals surface area contributed by atoms with E-state index >= 15 is 0 Å². The lowest BCUT2D eigenvalue weighted by Gasteiger charge is -2.36. The third-order valence-corrected chi connectivity index (χ3v) is 6.22. The Labute approximate surface area is 106 Å². The fourth-order valence-corrected chi connectivity index (χ4v) is 4.84. The molecule has 2 fully saturated rings. The van der Waals surface area contributed by atoms with Crippen LogP contribution < -0.4 is 0 Å². The number of allylic oxidation sites excluding steroid dienone is 1. The van der Waals surface area contributed by atoms with E-state index in [9.17, 15) is 0 Å². The van der Waals surface area contributed by atoms with Gasteiger partial charge >= 0.3 is 0 Å². The van der Waals surface area contributed by atoms with Gasteiger partial charge in [-0.1, -0.05) is 25.0 Å². The second kappa shape index (κ2) is 3.38. The third-order valence-electron chi connectivity index (χ3n) is 6.22. The molecule has 4 atom stereocenters. The lowest BCUT2D eigenvalue weighted by molar-refractivity contribution is -0.0395. The zero-order chi connectivity index (χ0) is 12.4. The number of rotatable bonds is 1. The number of hydrogen-bond donors (Lipinski definition) is 0. The van der Waals surface area contributed by atoms with Crippen LogP contribution in [0.2, 0.25) is 0 Å². The van der Waals surface area contributed by atoms with Crippen molar-refractivity contribution in [3.05, 3.63) is 11.1 Å². The average molecular weight is 234 g/mol. The van der Waals surface area contributed by atoms with Gasteiger partial charge in [-0.15, -0.1) is 0 Å². The molecule has 96 valence electrons. The first kappa shape index (κ1) is 11.8. The summed E-state index contributed by atoms with van der Waals surface area (Å²) in [4.78, 5) is 0. The minimum absolute atomic E-state index is 0.108. The lowest BCUT2D eigenvalue weighted by Crippen LogP contribution is -2.37. The van der Waals surface area contributed by atoms with Crippen molar-refractivity contribution in [2.75, 3.05) is 7.11 Å². The fourth-order valence-electron chi connectivity index (χ4n) is 4.84. The Morgan fingerprint density at radius 1 is 1.18 bits per heavy atom. The molecule has 0 bridgehead atoms. The summed E-state index contributed by atoms with van der Waals surface area (Å²) in [5, 5.41) is 0. The molecular weight excluding hydrogens is 208 g/mol. The van der Waals surface area contributed by atoms with Gasteiger partial charge in [0.2, 0.25) is 0 Å². The summed E-state index contributed by atoms with van der Waals surface area (Å²) >= 11 is 0. The zero-order valence-electron chi connectivity index (χ0n) is 12.0. The summed E-state index contributed by atoms with van der Waals surface area (Å²) in [5.74, 6) is 2.49. The predicted molar refractivity (Wildman–Crippen MR) is 70.8 cm³/mol. The first-order chi connectivity index (χ1) is 7.92. The van der Waals surface area contributed by atoms with Crippen LogP contribution in [0.5, 0.6) is 0 Å². The number of ether oxygens (including phenoxy) is 1. The van der Waals surface area contributed by atoms with E-state index in [1.54, 1.807) is 11.1 Å². The van der Waals surface area contributed by atoms with Crippen LogP contribution in [0.3, 0.4) is 0 Å². The lowest BCUT2D eigenvalue weighted by atomic mass is 9.78. The Balaban J connectivity index is 2.02. The van der Waals surface area contributed by atoms with E-state index in [-0.39, 0.29) is 5.60 Å². The van der Waals surface area contributed by atoms with Crippen LogP contribution in [0.1, 0.15) is 53.4 Å². The van der Waals surface area contributed by atoms with Crippen LogP contribution in [-0.4, -0.2) is 12.7 Å². The van der Waals surface area contributed by atoms with E-state index in [1.165, 1.54) is 25.7 Å². The Morgan fingerprint density at radius 2 is 1.88 bits per heavy atom. The number of fused-ring (bicyclic) bond motifs is 3. The highest BCUT2D eigenvalue weighted by atomic mass is 16.5. The highest BCUT2D eigenvalue weighted by Gasteiger charge is 2.64. The average Bonchev–Trinajstić information content (AvgIpc) is 2.65. The van der Waals surface area contributed by atoms with Crippen LogP contribution >= 0.6 is 0 Å². The number of hydrogen-bond acceptors (Lipinski definition) is 1. The zero-order valence-corrected chi connectivity index (χ0v) is 12.0. The summed E-state index contributed by atoms with van der Waals surface area (Å²) in [7, 11) is 1.91. The molecule has 1 heteroatoms. The van der Waals surface area contributed by atoms with Gasteiger partial charge in [-0.25, -0.2) is 0 Å². The Hall–Kier alpha value is -0.300. The standard InChI is InChI=1S/C16H26O/c1-10-6-7-11-13(10)14-12(15(14,2)3)8-9-16(11,4)17-5/h11-12,14H,6-9H2,1-5H3/t11-,12-,14-,16+/m1/s1. The molecule has 3 aliphatic carbocycles. The van der Waals surface area contributed by atoms with Crippen LogP contribution in [0.15, 0.2) is 11.1 Å². The third kappa shape index (κ3) is 1.41. The van der Waals surface area contributed by atoms with Gasteiger partial charge in [0.05, 0.1) is 5.60 Å². The summed E-state index contributed by atoms with van der Waals surface area (Å²) < 4.78 is 5.92. The van der Waals surface area contributed by atoms with Crippen LogP contribution in [0, 0.1) is 23.2 Å². The van der Waals surface area contributed by atoms with E-state index < -0.39 is 0 Å². The molecule has 3 aliphatic rings. The van der Waals surface area contributed by atoms with Gasteiger partial charge in [0, 0.05) is 13.0 Å². The predicted octanol–water partition coefficient (Wildman–Crippen LogP) is 4.18. The molecule has 2 saturated carbocycles. The quantitative estimate of drug-likeness (QED) is 0.618. The van der Waals surface area contributed by atoms with Gasteiger partial charge in [0.25, 0.3) is 0 Å². The monoisotopic (exact) mass is 234 g/mol. The summed E-state index contributed by atoms with van der Waals surface area (Å²) in [5.41, 5.74) is 4.15. The van der Waals surface area contributed by atoms with Crippen LogP contribution in [-0.2, 0) is 4.74 Å². The van der Waals surface area contributed by atoms with Crippen molar-refractivity contribution in [2.24, 2.45) is 23.2 Å². The largest absolute Gasteiger partial charge is 0.378 e. The second-order valence-corrected chi connectivity index (χ2v) is 7.29. The topological polar surface area (TPSA) is 9.23 Å². The van der Waals surface area contributed by atoms with E-state index in [1.807, 2.05) is 7.11 Å². The number of methoxy groups -OCH3 is 1. The van der Waals surface area contributed by atoms with E-state index in [4.69, 9.17) is 4.74 Å². The van der Waals surface area contributed by atoms with E-state index in [0.717, 1.165) is 11.8 Å². The van der Waals surface area contributed by atoms with Crippen molar-refractivity contribution in [3.63, 3.8) is 0 Å². The van der Waals surface area contributed by atoms with Crippen molar-refractivity contribution in [1.82, 2.24) is 0 Å². The van der Waals surface area contributed by atoms with Crippen molar-refractivity contribution in [2.45, 2.75) is 59.0 Å². The van der Waals surface area contributed by atoms with Gasteiger partial charge in [0.1, 0.15) is 0 Å². The van der Waals surface area contributed by atoms with Gasteiger partial charge < -0.3 is 4.74 Å². The van der Waals surface area contributed by atoms with Gasteiger partial charge in [-0.3, -0.25) is 0 Å². The molecule has 0 aromatic carbocycles. The first-order valence-corrected chi connectivity index (χ1v) is 7.16. The molecule has 0 heterocycles. The summed E-state index contributed by atoms with van der Waals surface area (Å²) in [6.45, 7) is 9.64. The maximum atomic E-state index is 5.92. The molecule has 0 aromatic rings. The SMILES string of the molecule is CO[C@@]1(C)CC[C@@H]2[C@H](C3=C(C)CC[C@H]31)C2(C)C. The molecular formula is C16H26O. The minimum Gasteiger partial charge on any atom is -0.378 e. The molecule has 0 radical (unpaired) electrons. The molecule has 1 nitrogen and oxygen atoms in total. The molecule has 0 aliphatic heterocycles. The first-order valence-electron chi connectivity index (χ1n) is 7.16. The molecule has 0 unspecified atom stereocenters. The van der Waals surface area contributed by atoms with E-state index in [2.05, 4.69) is 27.7 Å². The van der Waals surface area contributed by atoms with Crippen LogP contribution in [0.25, 0.3) is 0 Å². The van der Waals surface area contributed by atoms with Gasteiger partial charge in [-0.05, 0) is 56.8 Å². The normalized spacial score (nSPS) is 47.5. The fraction of sp³-hybridized carbons (Fsp3) is 0.875. The molecule has 3 rings (SSSR count). The second-order valence-electron chi connectivity index (χ2n) is 7.29. The maximum Gasteiger partial charge on any atom is 0.0716 e. The van der Waals surface area contributed by atoms with Crippen molar-refractivity contribution < 1.29 is 4.74 Å². The molecule has 0 N–H and O–H groups in total. The molecule has 0 amide bonds. The van der Waals surface area contributed by atoms with E-state index in [0.29, 0.717) is 11.3 Å². The summed E-state index contributed by atoms with van der Waals surface area (Å²) in [6, 6.07) is 0. The molecule has 0 saturated heterocycles. The Morgan fingerprint density at radius 3 is 2.53 bits per heavy atom. The Kier molecular flexibility index (Phi) is 2.34.